The fourth-order valence-electron chi connectivity index (χ4n) is 2.69. The Bertz CT molecular complexity index is 476. The lowest BCUT2D eigenvalue weighted by molar-refractivity contribution is -0.137. The normalized spacial score (nSPS) is 20.4. The van der Waals surface area contributed by atoms with Gasteiger partial charge in [0.15, 0.2) is 0 Å². The summed E-state index contributed by atoms with van der Waals surface area (Å²) in [6, 6.07) is 4.19. The number of hydrogen-bond donors (Lipinski definition) is 1. The van der Waals surface area contributed by atoms with Crippen molar-refractivity contribution in [3.8, 4) is 0 Å². The van der Waals surface area contributed by atoms with Crippen LogP contribution >= 0.6 is 15.9 Å². The summed E-state index contributed by atoms with van der Waals surface area (Å²) < 4.78 is 39.4. The first-order chi connectivity index (χ1) is 9.91. The molecule has 1 fully saturated rings. The van der Waals surface area contributed by atoms with Crippen molar-refractivity contribution in [3.63, 3.8) is 0 Å². The van der Waals surface area contributed by atoms with Crippen LogP contribution in [0, 0.1) is 0 Å². The molecular formula is C15H20BrF3N2. The topological polar surface area (TPSA) is 15.3 Å². The molecule has 1 N–H and O–H groups in total. The number of benzene rings is 1. The minimum Gasteiger partial charge on any atom is -0.369 e. The van der Waals surface area contributed by atoms with Crippen LogP contribution in [0.15, 0.2) is 22.7 Å². The Morgan fingerprint density at radius 3 is 2.81 bits per heavy atom. The molecule has 0 aliphatic carbocycles. The number of anilines is 1. The molecule has 118 valence electrons. The molecule has 1 unspecified atom stereocenters. The van der Waals surface area contributed by atoms with Crippen molar-refractivity contribution in [2.75, 3.05) is 24.5 Å². The summed E-state index contributed by atoms with van der Waals surface area (Å²) in [4.78, 5) is 2.06. The van der Waals surface area contributed by atoms with Gasteiger partial charge in [-0.2, -0.15) is 13.2 Å². The van der Waals surface area contributed by atoms with Crippen molar-refractivity contribution in [2.24, 2.45) is 0 Å². The first-order valence-electron chi connectivity index (χ1n) is 7.27. The fraction of sp³-hybridized carbons (Fsp3) is 0.600. The maximum Gasteiger partial charge on any atom is 0.416 e. The molecule has 2 rings (SSSR count). The molecule has 1 heterocycles. The number of nitrogens with zero attached hydrogens (tertiary/aromatic N) is 1. The van der Waals surface area contributed by atoms with Crippen LogP contribution < -0.4 is 10.2 Å². The zero-order valence-corrected chi connectivity index (χ0v) is 13.6. The smallest absolute Gasteiger partial charge is 0.369 e. The van der Waals surface area contributed by atoms with Crippen LogP contribution in [-0.2, 0) is 6.18 Å². The van der Waals surface area contributed by atoms with E-state index in [9.17, 15) is 13.2 Å². The van der Waals surface area contributed by atoms with Crippen LogP contribution in [0.2, 0.25) is 0 Å². The molecule has 0 spiro atoms. The van der Waals surface area contributed by atoms with Crippen LogP contribution in [0.4, 0.5) is 18.9 Å². The minimum atomic E-state index is -4.30. The number of hydrogen-bond acceptors (Lipinski definition) is 2. The van der Waals surface area contributed by atoms with Gasteiger partial charge in [0.25, 0.3) is 0 Å². The Hall–Kier alpha value is -0.750. The highest BCUT2D eigenvalue weighted by Gasteiger charge is 2.31. The quantitative estimate of drug-likeness (QED) is 0.852. The van der Waals surface area contributed by atoms with Crippen LogP contribution in [0.1, 0.15) is 31.7 Å². The zero-order valence-electron chi connectivity index (χ0n) is 12.0. The second-order valence-electron chi connectivity index (χ2n) is 5.40. The summed E-state index contributed by atoms with van der Waals surface area (Å²) in [5.74, 6) is 0. The molecule has 0 saturated carbocycles. The van der Waals surface area contributed by atoms with E-state index in [0.717, 1.165) is 45.0 Å². The molecule has 0 bridgehead atoms. The second-order valence-corrected chi connectivity index (χ2v) is 6.26. The van der Waals surface area contributed by atoms with E-state index in [1.807, 2.05) is 0 Å². The molecule has 1 aromatic rings. The van der Waals surface area contributed by atoms with Gasteiger partial charge in [-0.15, -0.1) is 0 Å². The van der Waals surface area contributed by atoms with Crippen molar-refractivity contribution >= 4 is 21.6 Å². The predicted octanol–water partition coefficient (Wildman–Crippen LogP) is 4.44. The molecule has 1 atom stereocenters. The van der Waals surface area contributed by atoms with E-state index in [2.05, 4.69) is 33.1 Å². The van der Waals surface area contributed by atoms with Crippen LogP contribution in [0.25, 0.3) is 0 Å². The van der Waals surface area contributed by atoms with Gasteiger partial charge in [-0.05, 0) is 53.5 Å². The van der Waals surface area contributed by atoms with Crippen molar-refractivity contribution in [1.29, 1.82) is 0 Å². The minimum absolute atomic E-state index is 0.332. The molecule has 1 aromatic carbocycles. The summed E-state index contributed by atoms with van der Waals surface area (Å²) in [5, 5.41) is 3.47. The monoisotopic (exact) mass is 364 g/mol. The highest BCUT2D eigenvalue weighted by Crippen LogP contribution is 2.36. The Morgan fingerprint density at radius 1 is 1.38 bits per heavy atom. The predicted molar refractivity (Wildman–Crippen MR) is 82.7 cm³/mol. The molecule has 6 heteroatoms. The van der Waals surface area contributed by atoms with Gasteiger partial charge in [0.05, 0.1) is 11.3 Å². The molecule has 1 saturated heterocycles. The summed E-state index contributed by atoms with van der Waals surface area (Å²) in [7, 11) is 0. The van der Waals surface area contributed by atoms with Gasteiger partial charge in [0, 0.05) is 23.6 Å². The average Bonchev–Trinajstić information content (AvgIpc) is 2.64. The lowest BCUT2D eigenvalue weighted by Crippen LogP contribution is -2.37. The summed E-state index contributed by atoms with van der Waals surface area (Å²) in [5.41, 5.74) is 0.0413. The lowest BCUT2D eigenvalue weighted by atomic mass is 10.1. The Morgan fingerprint density at radius 2 is 2.14 bits per heavy atom. The van der Waals surface area contributed by atoms with Gasteiger partial charge in [-0.1, -0.05) is 13.3 Å². The van der Waals surface area contributed by atoms with Gasteiger partial charge in [0.1, 0.15) is 0 Å². The molecule has 0 radical (unpaired) electrons. The molecule has 1 aliphatic rings. The van der Waals surface area contributed by atoms with Crippen molar-refractivity contribution in [3.05, 3.63) is 28.2 Å². The van der Waals surface area contributed by atoms with E-state index in [1.165, 1.54) is 12.1 Å². The summed E-state index contributed by atoms with van der Waals surface area (Å²) in [6.45, 7) is 4.55. The fourth-order valence-corrected chi connectivity index (χ4v) is 3.19. The molecule has 1 aliphatic heterocycles. The van der Waals surface area contributed by atoms with Crippen molar-refractivity contribution in [1.82, 2.24) is 5.32 Å². The maximum atomic E-state index is 12.9. The number of alkyl halides is 3. The van der Waals surface area contributed by atoms with Gasteiger partial charge in [0.2, 0.25) is 0 Å². The van der Waals surface area contributed by atoms with Gasteiger partial charge in [-0.3, -0.25) is 0 Å². The van der Waals surface area contributed by atoms with E-state index < -0.39 is 11.7 Å². The van der Waals surface area contributed by atoms with Crippen LogP contribution in [0.5, 0.6) is 0 Å². The summed E-state index contributed by atoms with van der Waals surface area (Å²) >= 11 is 3.39. The van der Waals surface area contributed by atoms with E-state index in [0.29, 0.717) is 16.2 Å². The van der Waals surface area contributed by atoms with Crippen molar-refractivity contribution in [2.45, 2.75) is 38.4 Å². The van der Waals surface area contributed by atoms with Gasteiger partial charge >= 0.3 is 6.18 Å². The van der Waals surface area contributed by atoms with E-state index in [4.69, 9.17) is 0 Å². The molecule has 21 heavy (non-hydrogen) atoms. The molecule has 2 nitrogen and oxygen atoms in total. The third kappa shape index (κ3) is 4.36. The SMILES string of the molecule is CCCC1CN(c2cc(C(F)(F)F)ccc2Br)CCCN1. The molecular weight excluding hydrogens is 345 g/mol. The zero-order chi connectivity index (χ0) is 15.5. The molecule has 0 aromatic heterocycles. The average molecular weight is 365 g/mol. The van der Waals surface area contributed by atoms with Crippen LogP contribution in [0.3, 0.4) is 0 Å². The third-order valence-corrected chi connectivity index (χ3v) is 4.40. The first-order valence-corrected chi connectivity index (χ1v) is 8.06. The van der Waals surface area contributed by atoms with Crippen LogP contribution in [-0.4, -0.2) is 25.7 Å². The molecule has 0 amide bonds. The third-order valence-electron chi connectivity index (χ3n) is 3.73. The first kappa shape index (κ1) is 16.6. The van der Waals surface area contributed by atoms with E-state index in [1.54, 1.807) is 0 Å². The van der Waals surface area contributed by atoms with Crippen molar-refractivity contribution < 1.29 is 13.2 Å². The standard InChI is InChI=1S/C15H20BrF3N2/c1-2-4-12-10-21(8-3-7-20-12)14-9-11(15(17,18)19)5-6-13(14)16/h5-6,9,12,20H,2-4,7-8,10H2,1H3. The van der Waals surface area contributed by atoms with E-state index >= 15 is 0 Å². The highest BCUT2D eigenvalue weighted by atomic mass is 79.9. The number of nitrogens with one attached hydrogen (secondary N) is 1. The van der Waals surface area contributed by atoms with E-state index in [-0.39, 0.29) is 0 Å². The maximum absolute atomic E-state index is 12.9. The second kappa shape index (κ2) is 7.01. The highest BCUT2D eigenvalue weighted by molar-refractivity contribution is 9.10. The largest absolute Gasteiger partial charge is 0.416 e. The Balaban J connectivity index is 2.26. The Labute approximate surface area is 131 Å². The lowest BCUT2D eigenvalue weighted by Gasteiger charge is -2.28. The Kier molecular flexibility index (Phi) is 5.54. The van der Waals surface area contributed by atoms with Gasteiger partial charge in [-0.25, -0.2) is 0 Å². The number of rotatable bonds is 3. The summed E-state index contributed by atoms with van der Waals surface area (Å²) in [6.07, 6.45) is -1.27. The number of halogens is 4. The van der Waals surface area contributed by atoms with Gasteiger partial charge < -0.3 is 10.2 Å².